The summed E-state index contributed by atoms with van der Waals surface area (Å²) < 4.78 is 36.9. The van der Waals surface area contributed by atoms with Crippen LogP contribution in [0, 0.1) is 5.92 Å². The summed E-state index contributed by atoms with van der Waals surface area (Å²) in [6.07, 6.45) is 6.99. The number of rotatable bonds is 12. The highest BCUT2D eigenvalue weighted by atomic mass is 35.5. The van der Waals surface area contributed by atoms with Crippen molar-refractivity contribution in [1.29, 1.82) is 0 Å². The van der Waals surface area contributed by atoms with Crippen LogP contribution in [0.3, 0.4) is 0 Å². The first-order valence-electron chi connectivity index (χ1n) is 28.6. The van der Waals surface area contributed by atoms with Gasteiger partial charge in [-0.15, -0.1) is 79.4 Å². The predicted molar refractivity (Wildman–Crippen MR) is 379 cm³/mol. The van der Waals surface area contributed by atoms with E-state index < -0.39 is 6.98 Å². The number of anilines is 7. The third kappa shape index (κ3) is 16.0. The molecule has 13 aromatic rings. The van der Waals surface area contributed by atoms with E-state index in [-0.39, 0.29) is 0 Å². The molecule has 0 aliphatic heterocycles. The van der Waals surface area contributed by atoms with E-state index in [0.29, 0.717) is 22.2 Å². The molecular weight excluding hydrogens is 1350 g/mol. The lowest BCUT2D eigenvalue weighted by atomic mass is 10.3. The maximum Gasteiger partial charge on any atom is 0.188 e. The molecule has 13 heterocycles. The quantitative estimate of drug-likeness (QED) is 0.0678. The average Bonchev–Trinajstić information content (AvgIpc) is 2.27. The lowest BCUT2D eigenvalue weighted by molar-refractivity contribution is 0.791. The molecule has 2 fully saturated rings. The predicted octanol–water partition coefficient (Wildman–Crippen LogP) is 18.6. The van der Waals surface area contributed by atoms with Gasteiger partial charge in [-0.1, -0.05) is 83.5 Å². The molecule has 19 nitrogen and oxygen atoms in total. The highest BCUT2D eigenvalue weighted by Gasteiger charge is 2.25. The third-order valence-electron chi connectivity index (χ3n) is 12.6. The van der Waals surface area contributed by atoms with Crippen molar-refractivity contribution in [3.05, 3.63) is 74.0 Å². The van der Waals surface area contributed by atoms with Crippen LogP contribution in [0.4, 0.5) is 40.0 Å². The Labute approximate surface area is 559 Å². The van der Waals surface area contributed by atoms with E-state index in [1.807, 2.05) is 108 Å². The van der Waals surface area contributed by atoms with Gasteiger partial charge in [-0.25, -0.2) is 4.98 Å². The van der Waals surface area contributed by atoms with Crippen LogP contribution < -0.4 is 31.9 Å². The summed E-state index contributed by atoms with van der Waals surface area (Å²) >= 11 is 46.4. The molecule has 15 rings (SSSR count). The molecule has 460 valence electrons. The van der Waals surface area contributed by atoms with Gasteiger partial charge in [0.1, 0.15) is 29.0 Å². The van der Waals surface area contributed by atoms with E-state index in [1.54, 1.807) is 80.7 Å². The number of aromatic nitrogens is 13. The molecule has 0 unspecified atom stereocenters. The van der Waals surface area contributed by atoms with E-state index >= 15 is 0 Å². The molecule has 0 amide bonds. The molecule has 86 heavy (non-hydrogen) atoms. The van der Waals surface area contributed by atoms with E-state index in [9.17, 15) is 0 Å². The van der Waals surface area contributed by atoms with Crippen molar-refractivity contribution < 1.29 is 4.11 Å². The van der Waals surface area contributed by atoms with Gasteiger partial charge in [-0.3, -0.25) is 28.1 Å². The van der Waals surface area contributed by atoms with E-state index in [2.05, 4.69) is 88.2 Å². The number of nitrogens with one attached hydrogen (secondary N) is 6. The first-order chi connectivity index (χ1) is 42.4. The van der Waals surface area contributed by atoms with Crippen LogP contribution in [0.25, 0.3) is 61.3 Å². The van der Waals surface area contributed by atoms with Gasteiger partial charge in [0.2, 0.25) is 0 Å². The molecule has 2 aliphatic carbocycles. The normalized spacial score (nSPS) is 13.3. The molecule has 2 saturated carbocycles. The van der Waals surface area contributed by atoms with Crippen LogP contribution in [-0.4, -0.2) is 95.8 Å². The van der Waals surface area contributed by atoms with Gasteiger partial charge in [0, 0.05) is 90.1 Å². The summed E-state index contributed by atoms with van der Waals surface area (Å²) in [5, 5.41) is 54.0. The highest BCUT2D eigenvalue weighted by molar-refractivity contribution is 7.24. The fourth-order valence-electron chi connectivity index (χ4n) is 8.54. The Bertz CT molecular complexity index is 4370. The second-order valence-corrected chi connectivity index (χ2v) is 30.5. The van der Waals surface area contributed by atoms with Gasteiger partial charge in [0.15, 0.2) is 40.0 Å². The molecular formula is C54H65Cl6N19S7. The molecule has 32 heteroatoms. The third-order valence-corrected chi connectivity index (χ3v) is 21.3. The average molecular weight is 1420 g/mol. The van der Waals surface area contributed by atoms with Crippen molar-refractivity contribution in [2.75, 3.05) is 52.0 Å². The van der Waals surface area contributed by atoms with Crippen LogP contribution in [-0.2, 0) is 42.3 Å². The van der Waals surface area contributed by atoms with Gasteiger partial charge in [0.05, 0.1) is 58.3 Å². The Morgan fingerprint density at radius 1 is 0.512 bits per heavy atom. The monoisotopic (exact) mass is 1420 g/mol. The van der Waals surface area contributed by atoms with Crippen LogP contribution in [0.2, 0.25) is 26.0 Å². The summed E-state index contributed by atoms with van der Waals surface area (Å²) in [6.45, 7) is 9.91. The number of nitrogens with zero attached hydrogens (tertiary/aromatic N) is 13. The minimum atomic E-state index is -2.24. The summed E-state index contributed by atoms with van der Waals surface area (Å²) in [5.41, 5.74) is 0. The highest BCUT2D eigenvalue weighted by Crippen LogP contribution is 2.40. The number of aryl methyl sites for hydroxylation is 6. The minimum Gasteiger partial charge on any atom is -0.371 e. The van der Waals surface area contributed by atoms with Crippen molar-refractivity contribution in [1.82, 2.24) is 63.7 Å². The zero-order chi connectivity index (χ0) is 64.2. The number of hydrogen-bond acceptors (Lipinski definition) is 20. The summed E-state index contributed by atoms with van der Waals surface area (Å²) in [7, 11) is 11.4. The first-order valence-corrected chi connectivity index (χ1v) is 35.1. The molecule has 6 N–H and O–H groups in total. The van der Waals surface area contributed by atoms with Crippen LogP contribution >= 0.6 is 149 Å². The van der Waals surface area contributed by atoms with Crippen molar-refractivity contribution in [3.8, 4) is 0 Å². The van der Waals surface area contributed by atoms with Crippen LogP contribution in [0.5, 0.6) is 0 Å². The van der Waals surface area contributed by atoms with Crippen molar-refractivity contribution in [2.24, 2.45) is 48.2 Å². The number of halogens is 6. The SMILES string of the molecule is CC.CC(C)Nc1nn(C)c2sc(Cl)cc12.CCNc1nn(C)c2sc(Cl)cc12.Cn1nc(NC2CC2)c2cc(Cl)sc21.Cn1nc(NCC2CC2)c2cc(Cl)sc21.Cn1nc(Nc2nccs2)c2cc(Cl)sc21.[2H]C([2H])([2H])Nc1nn(C)c2sc(Cl)cc12. The fourth-order valence-corrected chi connectivity index (χ4v) is 15.8. The Hall–Kier alpha value is -4.81. The molecule has 0 saturated heterocycles. The Morgan fingerprint density at radius 3 is 1.26 bits per heavy atom. The summed E-state index contributed by atoms with van der Waals surface area (Å²) in [5.74, 6) is 5.79. The van der Waals surface area contributed by atoms with Gasteiger partial charge in [0.25, 0.3) is 0 Å². The van der Waals surface area contributed by atoms with Crippen LogP contribution in [0.15, 0.2) is 48.0 Å². The Balaban J connectivity index is 0.000000126. The Kier molecular flexibility index (Phi) is 20.9. The second kappa shape index (κ2) is 29.2. The fraction of sp³-hybridized carbons (Fsp3) is 0.389. The number of fused-ring (bicyclic) bond motifs is 6. The van der Waals surface area contributed by atoms with Crippen molar-refractivity contribution >= 4 is 250 Å². The zero-order valence-electron chi connectivity index (χ0n) is 51.5. The van der Waals surface area contributed by atoms with Gasteiger partial charge >= 0.3 is 0 Å². The molecule has 13 aromatic heterocycles. The number of thiophene rings is 6. The molecule has 0 aromatic carbocycles. The lowest BCUT2D eigenvalue weighted by Gasteiger charge is -2.05. The zero-order valence-corrected chi connectivity index (χ0v) is 58.8. The van der Waals surface area contributed by atoms with Crippen molar-refractivity contribution in [2.45, 2.75) is 72.4 Å². The molecule has 2 aliphatic rings. The second-order valence-electron chi connectivity index (χ2n) is 19.6. The topological polar surface area (TPSA) is 192 Å². The molecule has 0 spiro atoms. The largest absolute Gasteiger partial charge is 0.371 e. The van der Waals surface area contributed by atoms with E-state index in [4.69, 9.17) is 73.7 Å². The first kappa shape index (κ1) is 61.4. The summed E-state index contributed by atoms with van der Waals surface area (Å²) in [6, 6.07) is 12.5. The Morgan fingerprint density at radius 2 is 0.872 bits per heavy atom. The minimum absolute atomic E-state index is 0.343. The van der Waals surface area contributed by atoms with E-state index in [1.165, 1.54) is 48.4 Å². The standard InChI is InChI=1S/C10H12ClN3S.C9H7ClN4S2.C9H10ClN3S.C9H12ClN3S.C8H10ClN3S.C7H8ClN3S.C2H6/c1-14-10-7(4-8(11)15-10)9(13-14)12-5-6-2-3-6;1-14-8-5(4-6(10)16-8)7(13-14)12-9-11-2-3-15-9;1-13-9-6(4-7(10)14-9)8(12-13)11-5-2-3-5;1-5(2)11-8-6-4-7(10)14-9(6)13(3)12-8;1-3-10-7-5-4-6(9)13-8(5)12(2)11-7;1-9-6-4-3-5(8)12-7(4)11(2)10-6;1-2/h4,6H,2-3,5H2,1H3,(H,12,13);2-4H,1H3,(H,11,12,13);4-5H,2-3H2,1H3,(H,11,12);4-5H,1-3H3,(H,11,12);4H,3H2,1-2H3,(H,10,11);3H,1-2H3,(H,9,10);1-2H3/i;;;;;1D3;. The van der Waals surface area contributed by atoms with Gasteiger partial charge in [-0.2, -0.15) is 30.6 Å². The van der Waals surface area contributed by atoms with Crippen LogP contribution in [0.1, 0.15) is 64.4 Å². The smallest absolute Gasteiger partial charge is 0.188 e. The number of hydrogen-bond donors (Lipinski definition) is 6. The molecule has 0 radical (unpaired) electrons. The molecule has 0 atom stereocenters. The molecule has 0 bridgehead atoms. The van der Waals surface area contributed by atoms with Gasteiger partial charge in [-0.05, 0) is 88.8 Å². The summed E-state index contributed by atoms with van der Waals surface area (Å²) in [4.78, 5) is 10.6. The van der Waals surface area contributed by atoms with E-state index in [0.717, 1.165) is 136 Å². The maximum atomic E-state index is 7.10. The van der Waals surface area contributed by atoms with Gasteiger partial charge < -0.3 is 31.9 Å². The number of thiazole rings is 1. The van der Waals surface area contributed by atoms with Crippen molar-refractivity contribution in [3.63, 3.8) is 0 Å². The lowest BCUT2D eigenvalue weighted by Crippen LogP contribution is -2.10. The maximum absolute atomic E-state index is 7.10.